The van der Waals surface area contributed by atoms with E-state index in [-0.39, 0.29) is 5.84 Å². The Morgan fingerprint density at radius 3 is 2.83 bits per heavy atom. The number of amidine groups is 1. The van der Waals surface area contributed by atoms with Gasteiger partial charge < -0.3 is 15.8 Å². The van der Waals surface area contributed by atoms with E-state index in [1.807, 2.05) is 18.2 Å². The molecule has 2 rings (SSSR count). The van der Waals surface area contributed by atoms with E-state index in [9.17, 15) is 0 Å². The summed E-state index contributed by atoms with van der Waals surface area (Å²) in [5.41, 5.74) is 7.62. The number of nitrogens with zero attached hydrogens (tertiary/aromatic N) is 2. The van der Waals surface area contributed by atoms with Crippen molar-refractivity contribution in [1.29, 1.82) is 0 Å². The second-order valence-electron chi connectivity index (χ2n) is 4.54. The fraction of sp³-hybridized carbons (Fsp3) is 0.462. The molecule has 98 valence electrons. The van der Waals surface area contributed by atoms with Crippen LogP contribution in [-0.2, 0) is 0 Å². The number of hydrogen-bond acceptors (Lipinski definition) is 3. The lowest BCUT2D eigenvalue weighted by atomic mass is 10.1. The van der Waals surface area contributed by atoms with E-state index in [1.165, 1.54) is 12.8 Å². The van der Waals surface area contributed by atoms with Gasteiger partial charge in [-0.3, -0.25) is 0 Å². The molecule has 0 spiro atoms. The molecule has 0 heterocycles. The number of benzene rings is 1. The standard InChI is InChI=1S/C13H18BrN3O/c1-2-8-17(9-6-7-9)11-5-3-4-10(14)12(11)13(15)16-18/h3-5,9,18H,2,6-8H2,1H3,(H2,15,16). The first-order chi connectivity index (χ1) is 8.69. The zero-order chi connectivity index (χ0) is 13.1. The smallest absolute Gasteiger partial charge is 0.173 e. The average Bonchev–Trinajstić information content (AvgIpc) is 3.19. The summed E-state index contributed by atoms with van der Waals surface area (Å²) in [4.78, 5) is 2.36. The number of rotatable bonds is 5. The maximum absolute atomic E-state index is 8.93. The quantitative estimate of drug-likeness (QED) is 0.380. The Balaban J connectivity index is 2.44. The Labute approximate surface area is 116 Å². The predicted molar refractivity (Wildman–Crippen MR) is 77.3 cm³/mol. The SMILES string of the molecule is CCCN(c1cccc(Br)c1/C(N)=N/O)C1CC1. The Morgan fingerprint density at radius 2 is 2.28 bits per heavy atom. The summed E-state index contributed by atoms with van der Waals surface area (Å²) >= 11 is 3.48. The highest BCUT2D eigenvalue weighted by atomic mass is 79.9. The second kappa shape index (κ2) is 5.61. The number of halogens is 1. The third-order valence-electron chi connectivity index (χ3n) is 3.12. The molecule has 1 aromatic rings. The van der Waals surface area contributed by atoms with E-state index in [0.29, 0.717) is 6.04 Å². The van der Waals surface area contributed by atoms with Gasteiger partial charge in [-0.2, -0.15) is 0 Å². The van der Waals surface area contributed by atoms with Gasteiger partial charge >= 0.3 is 0 Å². The van der Waals surface area contributed by atoms with Crippen molar-refractivity contribution in [3.8, 4) is 0 Å². The Hall–Kier alpha value is -1.23. The van der Waals surface area contributed by atoms with Crippen LogP contribution in [0.3, 0.4) is 0 Å². The summed E-state index contributed by atoms with van der Waals surface area (Å²) in [5, 5.41) is 12.1. The van der Waals surface area contributed by atoms with Gasteiger partial charge in [-0.1, -0.05) is 18.1 Å². The van der Waals surface area contributed by atoms with Crippen LogP contribution in [0, 0.1) is 0 Å². The van der Waals surface area contributed by atoms with Crippen LogP contribution < -0.4 is 10.6 Å². The summed E-state index contributed by atoms with van der Waals surface area (Å²) in [7, 11) is 0. The van der Waals surface area contributed by atoms with E-state index in [4.69, 9.17) is 10.9 Å². The van der Waals surface area contributed by atoms with Crippen molar-refractivity contribution in [2.75, 3.05) is 11.4 Å². The molecule has 4 nitrogen and oxygen atoms in total. The molecule has 5 heteroatoms. The summed E-state index contributed by atoms with van der Waals surface area (Å²) in [6.45, 7) is 3.16. The highest BCUT2D eigenvalue weighted by Gasteiger charge is 2.30. The first-order valence-electron chi connectivity index (χ1n) is 6.22. The molecular weight excluding hydrogens is 294 g/mol. The number of anilines is 1. The molecule has 0 saturated heterocycles. The number of hydrogen-bond donors (Lipinski definition) is 2. The monoisotopic (exact) mass is 311 g/mol. The first-order valence-corrected chi connectivity index (χ1v) is 7.01. The van der Waals surface area contributed by atoms with Gasteiger partial charge in [0.1, 0.15) is 0 Å². The second-order valence-corrected chi connectivity index (χ2v) is 5.40. The minimum absolute atomic E-state index is 0.152. The molecular formula is C13H18BrN3O. The van der Waals surface area contributed by atoms with Gasteiger partial charge in [0.05, 0.1) is 5.56 Å². The third-order valence-corrected chi connectivity index (χ3v) is 3.78. The predicted octanol–water partition coefficient (Wildman–Crippen LogP) is 2.92. The van der Waals surface area contributed by atoms with Crippen LogP contribution in [-0.4, -0.2) is 23.6 Å². The average molecular weight is 312 g/mol. The Bertz CT molecular complexity index is 458. The van der Waals surface area contributed by atoms with Crippen LogP contribution in [0.5, 0.6) is 0 Å². The highest BCUT2D eigenvalue weighted by molar-refractivity contribution is 9.10. The molecule has 3 N–H and O–H groups in total. The summed E-state index contributed by atoms with van der Waals surface area (Å²) in [6.07, 6.45) is 3.53. The molecule has 18 heavy (non-hydrogen) atoms. The topological polar surface area (TPSA) is 61.8 Å². The minimum atomic E-state index is 0.152. The van der Waals surface area contributed by atoms with E-state index < -0.39 is 0 Å². The molecule has 1 fully saturated rings. The van der Waals surface area contributed by atoms with Gasteiger partial charge in [0.15, 0.2) is 5.84 Å². The van der Waals surface area contributed by atoms with Crippen molar-refractivity contribution < 1.29 is 5.21 Å². The molecule has 0 unspecified atom stereocenters. The number of nitrogens with two attached hydrogens (primary N) is 1. The van der Waals surface area contributed by atoms with Crippen LogP contribution in [0.1, 0.15) is 31.7 Å². The molecule has 0 amide bonds. The molecule has 1 aliphatic rings. The van der Waals surface area contributed by atoms with Gasteiger partial charge in [0.25, 0.3) is 0 Å². The molecule has 0 aliphatic heterocycles. The maximum atomic E-state index is 8.93. The lowest BCUT2D eigenvalue weighted by Crippen LogP contribution is -2.29. The Kier molecular flexibility index (Phi) is 4.11. The van der Waals surface area contributed by atoms with Crippen molar-refractivity contribution in [3.05, 3.63) is 28.2 Å². The molecule has 0 atom stereocenters. The van der Waals surface area contributed by atoms with Crippen molar-refractivity contribution >= 4 is 27.5 Å². The zero-order valence-corrected chi connectivity index (χ0v) is 12.0. The van der Waals surface area contributed by atoms with Crippen molar-refractivity contribution in [2.45, 2.75) is 32.2 Å². The molecule has 0 radical (unpaired) electrons. The van der Waals surface area contributed by atoms with E-state index in [1.54, 1.807) is 0 Å². The lowest BCUT2D eigenvalue weighted by Gasteiger charge is -2.27. The molecule has 1 aliphatic carbocycles. The van der Waals surface area contributed by atoms with Crippen LogP contribution in [0.15, 0.2) is 27.8 Å². The molecule has 0 bridgehead atoms. The van der Waals surface area contributed by atoms with Crippen molar-refractivity contribution in [2.24, 2.45) is 10.9 Å². The number of oxime groups is 1. The zero-order valence-electron chi connectivity index (χ0n) is 10.4. The van der Waals surface area contributed by atoms with Crippen molar-refractivity contribution in [1.82, 2.24) is 0 Å². The van der Waals surface area contributed by atoms with Crippen LogP contribution in [0.4, 0.5) is 5.69 Å². The highest BCUT2D eigenvalue weighted by Crippen LogP contribution is 2.36. The van der Waals surface area contributed by atoms with Crippen molar-refractivity contribution in [3.63, 3.8) is 0 Å². The normalized spacial score (nSPS) is 15.8. The lowest BCUT2D eigenvalue weighted by molar-refractivity contribution is 0.318. The van der Waals surface area contributed by atoms with Crippen LogP contribution in [0.2, 0.25) is 0 Å². The van der Waals surface area contributed by atoms with Gasteiger partial charge in [-0.25, -0.2) is 0 Å². The summed E-state index contributed by atoms with van der Waals surface area (Å²) < 4.78 is 0.858. The van der Waals surface area contributed by atoms with Gasteiger partial charge in [-0.15, -0.1) is 0 Å². The summed E-state index contributed by atoms with van der Waals surface area (Å²) in [6, 6.07) is 6.53. The molecule has 0 aromatic heterocycles. The van der Waals surface area contributed by atoms with Gasteiger partial charge in [-0.05, 0) is 47.3 Å². The molecule has 1 aromatic carbocycles. The largest absolute Gasteiger partial charge is 0.409 e. The molecule has 1 saturated carbocycles. The van der Waals surface area contributed by atoms with E-state index in [2.05, 4.69) is 32.9 Å². The first kappa shape index (κ1) is 13.2. The third kappa shape index (κ3) is 2.61. The van der Waals surface area contributed by atoms with E-state index >= 15 is 0 Å². The summed E-state index contributed by atoms with van der Waals surface area (Å²) in [5.74, 6) is 0.152. The maximum Gasteiger partial charge on any atom is 0.173 e. The van der Waals surface area contributed by atoms with Gasteiger partial charge in [0, 0.05) is 22.7 Å². The fourth-order valence-electron chi connectivity index (χ4n) is 2.18. The van der Waals surface area contributed by atoms with E-state index in [0.717, 1.165) is 28.7 Å². The van der Waals surface area contributed by atoms with Gasteiger partial charge in [0.2, 0.25) is 0 Å². The fourth-order valence-corrected chi connectivity index (χ4v) is 2.74. The minimum Gasteiger partial charge on any atom is -0.409 e. The van der Waals surface area contributed by atoms with Crippen LogP contribution in [0.25, 0.3) is 0 Å². The van der Waals surface area contributed by atoms with Crippen LogP contribution >= 0.6 is 15.9 Å². The Morgan fingerprint density at radius 1 is 1.56 bits per heavy atom.